The lowest BCUT2D eigenvalue weighted by Crippen LogP contribution is -2.33. The fourth-order valence-electron chi connectivity index (χ4n) is 2.45. The monoisotopic (exact) mass is 435 g/mol. The molecule has 0 saturated carbocycles. The normalized spacial score (nSPS) is 10.3. The van der Waals surface area contributed by atoms with E-state index in [0.29, 0.717) is 38.9 Å². The fraction of sp³-hybridized carbons (Fsp3) is 0.300. The number of carbonyl (C=O) groups excluding carboxylic acids is 1. The predicted octanol–water partition coefficient (Wildman–Crippen LogP) is 5.08. The predicted molar refractivity (Wildman–Crippen MR) is 111 cm³/mol. The molecular weight excluding hydrogens is 414 g/mol. The van der Waals surface area contributed by atoms with Gasteiger partial charge in [0.15, 0.2) is 5.78 Å². The Bertz CT molecular complexity index is 776. The Morgan fingerprint density at radius 2 is 1.73 bits per heavy atom. The van der Waals surface area contributed by atoms with Crippen LogP contribution >= 0.6 is 28.1 Å². The Morgan fingerprint density at radius 3 is 2.31 bits per heavy atom. The highest BCUT2D eigenvalue weighted by molar-refractivity contribution is 9.10. The molecule has 0 atom stereocenters. The van der Waals surface area contributed by atoms with Gasteiger partial charge in [0.2, 0.25) is 0 Å². The summed E-state index contributed by atoms with van der Waals surface area (Å²) >= 11 is 8.87. The zero-order chi connectivity index (χ0) is 19.1. The summed E-state index contributed by atoms with van der Waals surface area (Å²) in [6.07, 6.45) is 0. The van der Waals surface area contributed by atoms with E-state index < -0.39 is 0 Å². The molecule has 4 nitrogen and oxygen atoms in total. The van der Waals surface area contributed by atoms with Crippen LogP contribution in [0.25, 0.3) is 0 Å². The van der Waals surface area contributed by atoms with E-state index in [1.54, 1.807) is 24.3 Å². The van der Waals surface area contributed by atoms with E-state index >= 15 is 0 Å². The van der Waals surface area contributed by atoms with Crippen molar-refractivity contribution in [3.8, 4) is 11.5 Å². The van der Waals surface area contributed by atoms with E-state index in [0.717, 1.165) is 13.1 Å². The Labute approximate surface area is 168 Å². The van der Waals surface area contributed by atoms with Crippen molar-refractivity contribution in [2.24, 2.45) is 0 Å². The summed E-state index contributed by atoms with van der Waals surface area (Å²) in [5, 5.41) is 0.341. The van der Waals surface area contributed by atoms with Gasteiger partial charge in [-0.2, -0.15) is 0 Å². The molecule has 0 spiro atoms. The topological polar surface area (TPSA) is 38.8 Å². The highest BCUT2D eigenvalue weighted by Crippen LogP contribution is 2.34. The molecule has 0 heterocycles. The van der Waals surface area contributed by atoms with E-state index in [-0.39, 0.29) is 5.78 Å². The molecule has 2 rings (SSSR count). The minimum absolute atomic E-state index is 0.142. The number of thiocarbonyl (C=S) groups is 1. The Kier molecular flexibility index (Phi) is 7.60. The number of ketones is 1. The summed E-state index contributed by atoms with van der Waals surface area (Å²) in [4.78, 5) is 14.9. The van der Waals surface area contributed by atoms with E-state index in [4.69, 9.17) is 21.7 Å². The Balaban J connectivity index is 2.47. The number of hydrogen-bond donors (Lipinski definition) is 0. The number of halogens is 1. The van der Waals surface area contributed by atoms with Gasteiger partial charge in [0.1, 0.15) is 11.5 Å². The summed E-state index contributed by atoms with van der Waals surface area (Å²) in [6, 6.07) is 12.5. The molecule has 138 valence electrons. The van der Waals surface area contributed by atoms with Crippen molar-refractivity contribution in [1.82, 2.24) is 4.90 Å². The van der Waals surface area contributed by atoms with Gasteiger partial charge in [-0.25, -0.2) is 0 Å². The Morgan fingerprint density at radius 1 is 1.08 bits per heavy atom. The maximum absolute atomic E-state index is 13.0. The molecule has 0 amide bonds. The van der Waals surface area contributed by atoms with Gasteiger partial charge < -0.3 is 14.4 Å². The fourth-order valence-corrected chi connectivity index (χ4v) is 3.23. The number of rotatable bonds is 7. The Hall–Kier alpha value is -1.92. The van der Waals surface area contributed by atoms with Crippen LogP contribution in [0.1, 0.15) is 36.7 Å². The van der Waals surface area contributed by atoms with E-state index in [1.807, 2.05) is 43.9 Å². The van der Waals surface area contributed by atoms with Crippen molar-refractivity contribution in [1.29, 1.82) is 0 Å². The summed E-state index contributed by atoms with van der Waals surface area (Å²) in [7, 11) is 0. The van der Waals surface area contributed by atoms with Gasteiger partial charge in [-0.15, -0.1) is 0 Å². The summed E-state index contributed by atoms with van der Waals surface area (Å²) in [5.41, 5.74) is 0.994. The summed E-state index contributed by atoms with van der Waals surface area (Å²) < 4.78 is 12.2. The molecular formula is C20H22BrNO3S. The van der Waals surface area contributed by atoms with Gasteiger partial charge in [0, 0.05) is 18.7 Å². The van der Waals surface area contributed by atoms with Crippen LogP contribution in [0.4, 0.5) is 0 Å². The standard InChI is InChI=1S/C20H22BrNO3S/c1-4-22(5-2)20(26)25-17-13-16(21)18(24-6-3)12-15(17)19(23)14-10-8-7-9-11-14/h7-13H,4-6H2,1-3H3. The molecule has 2 aromatic carbocycles. The molecule has 0 aliphatic heterocycles. The van der Waals surface area contributed by atoms with E-state index in [9.17, 15) is 4.79 Å². The first-order chi connectivity index (χ1) is 12.5. The molecule has 0 aromatic heterocycles. The molecule has 0 unspecified atom stereocenters. The molecule has 0 N–H and O–H groups in total. The average Bonchev–Trinajstić information content (AvgIpc) is 2.65. The second-order valence-corrected chi connectivity index (χ2v) is 6.65. The molecule has 0 aliphatic carbocycles. The third kappa shape index (κ3) is 4.83. The third-order valence-electron chi connectivity index (χ3n) is 3.83. The van der Waals surface area contributed by atoms with Crippen LogP contribution in [0.3, 0.4) is 0 Å². The number of nitrogens with zero attached hydrogens (tertiary/aromatic N) is 1. The van der Waals surface area contributed by atoms with E-state index in [2.05, 4.69) is 15.9 Å². The van der Waals surface area contributed by atoms with Crippen LogP contribution in [0, 0.1) is 0 Å². The lowest BCUT2D eigenvalue weighted by molar-refractivity contribution is 0.103. The first-order valence-electron chi connectivity index (χ1n) is 8.54. The van der Waals surface area contributed by atoms with Crippen molar-refractivity contribution in [2.45, 2.75) is 20.8 Å². The molecule has 6 heteroatoms. The van der Waals surface area contributed by atoms with Crippen LogP contribution in [-0.4, -0.2) is 35.6 Å². The van der Waals surface area contributed by atoms with Crippen LogP contribution in [0.5, 0.6) is 11.5 Å². The SMILES string of the molecule is CCOc1cc(C(=O)c2ccccc2)c(OC(=S)N(CC)CC)cc1Br. The third-order valence-corrected chi connectivity index (χ3v) is 4.79. The summed E-state index contributed by atoms with van der Waals surface area (Å²) in [6.45, 7) is 7.86. The number of ether oxygens (including phenoxy) is 2. The quantitative estimate of drug-likeness (QED) is 0.447. The molecule has 0 bridgehead atoms. The van der Waals surface area contributed by atoms with Crippen molar-refractivity contribution < 1.29 is 14.3 Å². The lowest BCUT2D eigenvalue weighted by atomic mass is 10.0. The zero-order valence-corrected chi connectivity index (χ0v) is 17.5. The van der Waals surface area contributed by atoms with Crippen LogP contribution in [0.15, 0.2) is 46.9 Å². The summed E-state index contributed by atoms with van der Waals surface area (Å²) in [5.74, 6) is 0.857. The molecule has 26 heavy (non-hydrogen) atoms. The van der Waals surface area contributed by atoms with Gasteiger partial charge in [0.25, 0.3) is 5.17 Å². The highest BCUT2D eigenvalue weighted by atomic mass is 79.9. The van der Waals surface area contributed by atoms with Gasteiger partial charge in [-0.05, 0) is 61.1 Å². The molecule has 0 saturated heterocycles. The van der Waals surface area contributed by atoms with Gasteiger partial charge >= 0.3 is 0 Å². The second-order valence-electron chi connectivity index (χ2n) is 5.45. The number of benzene rings is 2. The van der Waals surface area contributed by atoms with Crippen molar-refractivity contribution in [3.05, 3.63) is 58.1 Å². The van der Waals surface area contributed by atoms with Crippen molar-refractivity contribution in [2.75, 3.05) is 19.7 Å². The minimum Gasteiger partial charge on any atom is -0.493 e. The zero-order valence-electron chi connectivity index (χ0n) is 15.1. The average molecular weight is 436 g/mol. The molecule has 0 aliphatic rings. The maximum atomic E-state index is 13.0. The van der Waals surface area contributed by atoms with Gasteiger partial charge in [0.05, 0.1) is 16.6 Å². The lowest BCUT2D eigenvalue weighted by Gasteiger charge is -2.22. The first-order valence-corrected chi connectivity index (χ1v) is 9.74. The van der Waals surface area contributed by atoms with Gasteiger partial charge in [-0.3, -0.25) is 4.79 Å². The van der Waals surface area contributed by atoms with Gasteiger partial charge in [-0.1, -0.05) is 30.3 Å². The second kappa shape index (κ2) is 9.69. The van der Waals surface area contributed by atoms with Crippen molar-refractivity contribution in [3.63, 3.8) is 0 Å². The van der Waals surface area contributed by atoms with Crippen LogP contribution in [-0.2, 0) is 0 Å². The molecule has 2 aromatic rings. The van der Waals surface area contributed by atoms with E-state index in [1.165, 1.54) is 0 Å². The molecule has 0 radical (unpaired) electrons. The smallest absolute Gasteiger partial charge is 0.264 e. The number of carbonyl (C=O) groups is 1. The maximum Gasteiger partial charge on any atom is 0.264 e. The first kappa shape index (κ1) is 20.4. The minimum atomic E-state index is -0.142. The van der Waals surface area contributed by atoms with Crippen LogP contribution < -0.4 is 9.47 Å². The highest BCUT2D eigenvalue weighted by Gasteiger charge is 2.20. The van der Waals surface area contributed by atoms with Crippen molar-refractivity contribution >= 4 is 39.1 Å². The number of hydrogen-bond acceptors (Lipinski definition) is 4. The largest absolute Gasteiger partial charge is 0.493 e. The van der Waals surface area contributed by atoms with Crippen LogP contribution in [0.2, 0.25) is 0 Å². The molecule has 0 fully saturated rings.